The van der Waals surface area contributed by atoms with Crippen molar-refractivity contribution in [1.29, 1.82) is 0 Å². The van der Waals surface area contributed by atoms with Crippen molar-refractivity contribution in [1.82, 2.24) is 0 Å². The zero-order valence-corrected chi connectivity index (χ0v) is 21.2. The molecule has 0 saturated heterocycles. The van der Waals surface area contributed by atoms with Crippen LogP contribution >= 0.6 is 0 Å². The fraction of sp³-hybridized carbons (Fsp3) is 0.800. The minimum atomic E-state index is 0.278. The molecule has 0 atom stereocenters. The molecule has 0 aliphatic heterocycles. The zero-order valence-electron chi connectivity index (χ0n) is 21.2. The Labute approximate surface area is 195 Å². The maximum Gasteiger partial charge on any atom is 0.182 e. The van der Waals surface area contributed by atoms with Crippen molar-refractivity contribution in [2.24, 2.45) is 0 Å². The van der Waals surface area contributed by atoms with Crippen LogP contribution in [0.1, 0.15) is 153 Å². The molecule has 0 aromatic heterocycles. The normalized spacial score (nSPS) is 11.3. The third kappa shape index (κ3) is 15.5. The van der Waals surface area contributed by atoms with E-state index in [2.05, 4.69) is 19.9 Å². The second-order valence-corrected chi connectivity index (χ2v) is 9.76. The van der Waals surface area contributed by atoms with Gasteiger partial charge in [0.1, 0.15) is 0 Å². The van der Waals surface area contributed by atoms with Crippen molar-refractivity contribution in [2.45, 2.75) is 155 Å². The number of hydrogen-bond donors (Lipinski definition) is 0. The van der Waals surface area contributed by atoms with E-state index in [1.165, 1.54) is 134 Å². The molecule has 0 amide bonds. The highest BCUT2D eigenvalue weighted by molar-refractivity contribution is 5.39. The molecule has 1 aromatic rings. The Bertz CT molecular complexity index is 507. The molecule has 1 nitrogen and oxygen atoms in total. The molecule has 1 heteroatoms. The molecular formula is C30H53O. The molecule has 0 N–H and O–H groups in total. The Morgan fingerprint density at radius 2 is 0.871 bits per heavy atom. The second kappa shape index (κ2) is 20.9. The molecule has 1 rings (SSSR count). The van der Waals surface area contributed by atoms with Gasteiger partial charge < -0.3 is 0 Å². The van der Waals surface area contributed by atoms with Crippen LogP contribution in [-0.4, -0.2) is 0 Å². The van der Waals surface area contributed by atoms with Crippen molar-refractivity contribution >= 4 is 0 Å². The van der Waals surface area contributed by atoms with Gasteiger partial charge >= 0.3 is 0 Å². The van der Waals surface area contributed by atoms with E-state index in [-0.39, 0.29) is 5.75 Å². The van der Waals surface area contributed by atoms with E-state index in [9.17, 15) is 5.11 Å². The van der Waals surface area contributed by atoms with Crippen LogP contribution in [0.25, 0.3) is 0 Å². The van der Waals surface area contributed by atoms with Gasteiger partial charge in [-0.15, -0.1) is 0 Å². The average Bonchev–Trinajstić information content (AvgIpc) is 2.77. The second-order valence-electron chi connectivity index (χ2n) is 9.76. The molecule has 0 fully saturated rings. The molecule has 0 aliphatic carbocycles. The third-order valence-corrected chi connectivity index (χ3v) is 6.81. The third-order valence-electron chi connectivity index (χ3n) is 6.81. The SMILES string of the molecule is CCCCCCCCCCCCc1cccc([O])c1CCCCCCCCCCCC. The van der Waals surface area contributed by atoms with E-state index in [0.717, 1.165) is 18.4 Å². The van der Waals surface area contributed by atoms with Crippen LogP contribution in [-0.2, 0) is 17.9 Å². The molecule has 0 spiro atoms. The average molecular weight is 430 g/mol. The van der Waals surface area contributed by atoms with Gasteiger partial charge in [-0.1, -0.05) is 142 Å². The lowest BCUT2D eigenvalue weighted by Crippen LogP contribution is -1.96. The molecule has 0 heterocycles. The van der Waals surface area contributed by atoms with Gasteiger partial charge in [0, 0.05) is 5.56 Å². The standard InChI is InChI=1S/C30H53O/c1-3-5-7-9-11-13-15-17-19-21-24-28-25-23-27-30(31)29(28)26-22-20-18-16-14-12-10-8-6-4-2/h23,25,27H,3-22,24,26H2,1-2H3. The van der Waals surface area contributed by atoms with E-state index in [0.29, 0.717) is 0 Å². The first-order valence-electron chi connectivity index (χ1n) is 14.1. The van der Waals surface area contributed by atoms with Crippen LogP contribution in [0.15, 0.2) is 18.2 Å². The molecular weight excluding hydrogens is 376 g/mol. The summed E-state index contributed by atoms with van der Waals surface area (Å²) < 4.78 is 0. The molecule has 0 aliphatic rings. The van der Waals surface area contributed by atoms with Gasteiger partial charge in [0.05, 0.1) is 0 Å². The van der Waals surface area contributed by atoms with Crippen molar-refractivity contribution in [3.05, 3.63) is 29.3 Å². The van der Waals surface area contributed by atoms with Crippen LogP contribution in [0.2, 0.25) is 0 Å². The molecule has 1 aromatic carbocycles. The number of unbranched alkanes of at least 4 members (excludes halogenated alkanes) is 18. The van der Waals surface area contributed by atoms with Gasteiger partial charge in [-0.05, 0) is 37.3 Å². The lowest BCUT2D eigenvalue weighted by atomic mass is 9.95. The van der Waals surface area contributed by atoms with Crippen molar-refractivity contribution in [3.63, 3.8) is 0 Å². The smallest absolute Gasteiger partial charge is 0.182 e. The lowest BCUT2D eigenvalue weighted by Gasteiger charge is -2.10. The van der Waals surface area contributed by atoms with Crippen LogP contribution in [0.3, 0.4) is 0 Å². The van der Waals surface area contributed by atoms with Gasteiger partial charge in [0.2, 0.25) is 0 Å². The molecule has 0 saturated carbocycles. The predicted octanol–water partition coefficient (Wildman–Crippen LogP) is 10.8. The molecule has 0 unspecified atom stereocenters. The number of benzene rings is 1. The largest absolute Gasteiger partial charge is 0.290 e. The van der Waals surface area contributed by atoms with Crippen molar-refractivity contribution < 1.29 is 5.11 Å². The first kappa shape index (κ1) is 28.1. The van der Waals surface area contributed by atoms with Gasteiger partial charge in [-0.3, -0.25) is 5.11 Å². The molecule has 31 heavy (non-hydrogen) atoms. The summed E-state index contributed by atoms with van der Waals surface area (Å²) >= 11 is 0. The Morgan fingerprint density at radius 1 is 0.484 bits per heavy atom. The Balaban J connectivity index is 2.11. The number of hydrogen-bond acceptors (Lipinski definition) is 0. The summed E-state index contributed by atoms with van der Waals surface area (Å²) in [6, 6.07) is 5.95. The topological polar surface area (TPSA) is 19.9 Å². The quantitative estimate of drug-likeness (QED) is 0.163. The first-order valence-corrected chi connectivity index (χ1v) is 14.1. The number of aryl methyl sites for hydroxylation is 1. The summed E-state index contributed by atoms with van der Waals surface area (Å²) in [4.78, 5) is 0. The predicted molar refractivity (Wildman–Crippen MR) is 138 cm³/mol. The Kier molecular flexibility index (Phi) is 18.9. The van der Waals surface area contributed by atoms with Crippen molar-refractivity contribution in [3.8, 4) is 5.75 Å². The fourth-order valence-electron chi connectivity index (χ4n) is 4.72. The summed E-state index contributed by atoms with van der Waals surface area (Å²) in [5.41, 5.74) is 2.46. The van der Waals surface area contributed by atoms with Crippen LogP contribution < -0.4 is 0 Å². The van der Waals surface area contributed by atoms with Crippen LogP contribution in [0.4, 0.5) is 0 Å². The Hall–Kier alpha value is -0.980. The fourth-order valence-corrected chi connectivity index (χ4v) is 4.72. The van der Waals surface area contributed by atoms with Gasteiger partial charge in [0.15, 0.2) is 5.75 Å². The summed E-state index contributed by atoms with van der Waals surface area (Å²) in [7, 11) is 0. The minimum absolute atomic E-state index is 0.278. The monoisotopic (exact) mass is 429 g/mol. The molecule has 1 radical (unpaired) electrons. The zero-order chi connectivity index (χ0) is 22.4. The summed E-state index contributed by atoms with van der Waals surface area (Å²) in [6.45, 7) is 4.56. The summed E-state index contributed by atoms with van der Waals surface area (Å²) in [5, 5.41) is 12.4. The maximum absolute atomic E-state index is 12.4. The summed E-state index contributed by atoms with van der Waals surface area (Å²) in [5.74, 6) is 0.278. The summed E-state index contributed by atoms with van der Waals surface area (Å²) in [6.07, 6.45) is 29.3. The van der Waals surface area contributed by atoms with Gasteiger partial charge in [-0.25, -0.2) is 0 Å². The van der Waals surface area contributed by atoms with E-state index in [1.54, 1.807) is 6.07 Å². The van der Waals surface area contributed by atoms with Gasteiger partial charge in [0.25, 0.3) is 0 Å². The number of rotatable bonds is 22. The van der Waals surface area contributed by atoms with E-state index >= 15 is 0 Å². The minimum Gasteiger partial charge on any atom is -0.290 e. The van der Waals surface area contributed by atoms with Crippen LogP contribution in [0, 0.1) is 0 Å². The molecule has 179 valence electrons. The first-order chi connectivity index (χ1) is 15.3. The molecule has 0 bridgehead atoms. The van der Waals surface area contributed by atoms with Crippen LogP contribution in [0.5, 0.6) is 5.75 Å². The van der Waals surface area contributed by atoms with E-state index in [1.807, 2.05) is 6.07 Å². The maximum atomic E-state index is 12.4. The van der Waals surface area contributed by atoms with E-state index < -0.39 is 0 Å². The van der Waals surface area contributed by atoms with E-state index in [4.69, 9.17) is 0 Å². The highest BCUT2D eigenvalue weighted by Crippen LogP contribution is 2.26. The lowest BCUT2D eigenvalue weighted by molar-refractivity contribution is 0.348. The van der Waals surface area contributed by atoms with Gasteiger partial charge in [-0.2, -0.15) is 0 Å². The Morgan fingerprint density at radius 3 is 1.32 bits per heavy atom. The van der Waals surface area contributed by atoms with Crippen molar-refractivity contribution in [2.75, 3.05) is 0 Å². The highest BCUT2D eigenvalue weighted by Gasteiger charge is 2.09. The highest BCUT2D eigenvalue weighted by atomic mass is 16.3.